The van der Waals surface area contributed by atoms with Crippen LogP contribution in [0.5, 0.6) is 0 Å². The maximum absolute atomic E-state index is 12.1. The topological polar surface area (TPSA) is 43.1 Å². The van der Waals surface area contributed by atoms with E-state index in [0.29, 0.717) is 0 Å². The molecule has 0 aliphatic carbocycles. The van der Waals surface area contributed by atoms with Gasteiger partial charge in [-0.1, -0.05) is 18.2 Å². The Labute approximate surface area is 91.3 Å². The van der Waals surface area contributed by atoms with Gasteiger partial charge in [-0.2, -0.15) is 13.2 Å². The van der Waals surface area contributed by atoms with Crippen LogP contribution in [0.1, 0.15) is 22.3 Å². The summed E-state index contributed by atoms with van der Waals surface area (Å²) in [5.74, 6) is -0.230. The smallest absolute Gasteiger partial charge is 0.330 e. The Bertz CT molecular complexity index is 374. The highest BCUT2D eigenvalue weighted by Gasteiger charge is 2.27. The summed E-state index contributed by atoms with van der Waals surface area (Å²) in [5.41, 5.74) is 5.58. The zero-order valence-electron chi connectivity index (χ0n) is 8.55. The summed E-state index contributed by atoms with van der Waals surface area (Å²) in [6.07, 6.45) is -5.12. The second-order valence-corrected chi connectivity index (χ2v) is 3.45. The minimum absolute atomic E-state index is 0.0929. The summed E-state index contributed by atoms with van der Waals surface area (Å²) in [6.45, 7) is 0.197. The van der Waals surface area contributed by atoms with Gasteiger partial charge in [0.05, 0.1) is 6.42 Å². The van der Waals surface area contributed by atoms with Crippen LogP contribution in [0.2, 0.25) is 0 Å². The number of halogens is 3. The van der Waals surface area contributed by atoms with E-state index in [1.807, 2.05) is 0 Å². The molecule has 1 aromatic rings. The molecule has 0 aliphatic heterocycles. The summed E-state index contributed by atoms with van der Waals surface area (Å²) in [6, 6.07) is 5.57. The van der Waals surface area contributed by atoms with Gasteiger partial charge in [0.15, 0.2) is 5.78 Å². The van der Waals surface area contributed by atoms with Crippen LogP contribution in [-0.2, 0) is 6.42 Å². The average molecular weight is 231 g/mol. The number of hydrogen-bond acceptors (Lipinski definition) is 2. The molecule has 0 saturated carbocycles. The largest absolute Gasteiger partial charge is 0.393 e. The molecule has 0 unspecified atom stereocenters. The molecule has 88 valence electrons. The van der Waals surface area contributed by atoms with Gasteiger partial charge in [0.1, 0.15) is 0 Å². The number of carbonyl (C=O) groups is 1. The molecule has 5 heteroatoms. The molecule has 0 heterocycles. The van der Waals surface area contributed by atoms with Crippen molar-refractivity contribution in [3.8, 4) is 0 Å². The van der Waals surface area contributed by atoms with Gasteiger partial charge in [0.25, 0.3) is 0 Å². The van der Waals surface area contributed by atoms with Gasteiger partial charge in [0.2, 0.25) is 0 Å². The Kier molecular flexibility index (Phi) is 4.06. The highest BCUT2D eigenvalue weighted by atomic mass is 19.4. The van der Waals surface area contributed by atoms with E-state index in [0.717, 1.165) is 0 Å². The summed E-state index contributed by atoms with van der Waals surface area (Å²) in [4.78, 5) is 11.4. The fourth-order valence-electron chi connectivity index (χ4n) is 1.36. The lowest BCUT2D eigenvalue weighted by atomic mass is 10.0. The van der Waals surface area contributed by atoms with Crippen molar-refractivity contribution < 1.29 is 18.0 Å². The van der Waals surface area contributed by atoms with Gasteiger partial charge >= 0.3 is 6.18 Å². The third kappa shape index (κ3) is 4.02. The van der Waals surface area contributed by atoms with E-state index in [1.165, 1.54) is 24.3 Å². The van der Waals surface area contributed by atoms with Crippen molar-refractivity contribution in [3.63, 3.8) is 0 Å². The van der Waals surface area contributed by atoms with E-state index in [-0.39, 0.29) is 29.9 Å². The Hall–Kier alpha value is -1.36. The van der Waals surface area contributed by atoms with Gasteiger partial charge in [-0.25, -0.2) is 0 Å². The predicted molar refractivity (Wildman–Crippen MR) is 54.2 cm³/mol. The van der Waals surface area contributed by atoms with E-state index in [4.69, 9.17) is 5.73 Å². The van der Waals surface area contributed by atoms with Crippen molar-refractivity contribution in [3.05, 3.63) is 35.4 Å². The number of Topliss-reactive ketones (excluding diaryl/α,β-unsaturated/α-hetero) is 1. The highest BCUT2D eigenvalue weighted by Crippen LogP contribution is 2.21. The maximum atomic E-state index is 12.1. The van der Waals surface area contributed by atoms with Crippen LogP contribution in [0.4, 0.5) is 13.2 Å². The molecule has 0 spiro atoms. The second kappa shape index (κ2) is 5.12. The van der Waals surface area contributed by atoms with Gasteiger partial charge in [-0.3, -0.25) is 4.79 Å². The minimum atomic E-state index is -4.25. The van der Waals surface area contributed by atoms with E-state index >= 15 is 0 Å². The van der Waals surface area contributed by atoms with Crippen LogP contribution in [0, 0.1) is 0 Å². The molecule has 0 aliphatic rings. The number of carbonyl (C=O) groups excluding carboxylic acids is 1. The van der Waals surface area contributed by atoms with Gasteiger partial charge in [-0.15, -0.1) is 0 Å². The van der Waals surface area contributed by atoms with Gasteiger partial charge in [-0.05, 0) is 18.2 Å². The number of alkyl halides is 3. The fourth-order valence-corrected chi connectivity index (χ4v) is 1.36. The van der Waals surface area contributed by atoms with E-state index in [1.54, 1.807) is 0 Å². The fraction of sp³-hybridized carbons (Fsp3) is 0.364. The van der Waals surface area contributed by atoms with Crippen LogP contribution in [-0.4, -0.2) is 18.5 Å². The Morgan fingerprint density at radius 3 is 2.56 bits per heavy atom. The van der Waals surface area contributed by atoms with Crippen LogP contribution in [0.3, 0.4) is 0 Å². The molecular formula is C11H12F3NO. The number of rotatable bonds is 4. The molecule has 2 N–H and O–H groups in total. The second-order valence-electron chi connectivity index (χ2n) is 3.45. The normalized spacial score (nSPS) is 11.5. The van der Waals surface area contributed by atoms with Crippen LogP contribution < -0.4 is 5.73 Å². The molecule has 2 nitrogen and oxygen atoms in total. The van der Waals surface area contributed by atoms with E-state index in [9.17, 15) is 18.0 Å². The van der Waals surface area contributed by atoms with Crippen molar-refractivity contribution in [1.29, 1.82) is 0 Å². The van der Waals surface area contributed by atoms with Crippen molar-refractivity contribution in [2.75, 3.05) is 6.54 Å². The first-order valence-corrected chi connectivity index (χ1v) is 4.81. The highest BCUT2D eigenvalue weighted by molar-refractivity contribution is 5.96. The lowest BCUT2D eigenvalue weighted by molar-refractivity contribution is -0.127. The molecule has 0 fully saturated rings. The summed E-state index contributed by atoms with van der Waals surface area (Å²) in [7, 11) is 0. The van der Waals surface area contributed by atoms with Crippen molar-refractivity contribution in [2.45, 2.75) is 19.0 Å². The van der Waals surface area contributed by atoms with E-state index in [2.05, 4.69) is 0 Å². The number of nitrogens with two attached hydrogens (primary N) is 1. The monoisotopic (exact) mass is 231 g/mol. The first kappa shape index (κ1) is 12.7. The molecule has 1 aromatic carbocycles. The lowest BCUT2D eigenvalue weighted by Gasteiger charge is -2.07. The first-order valence-electron chi connectivity index (χ1n) is 4.81. The van der Waals surface area contributed by atoms with Crippen molar-refractivity contribution >= 4 is 5.78 Å². The molecular weight excluding hydrogens is 219 g/mol. The van der Waals surface area contributed by atoms with Crippen LogP contribution >= 0.6 is 0 Å². The van der Waals surface area contributed by atoms with Crippen molar-refractivity contribution in [1.82, 2.24) is 0 Å². The zero-order chi connectivity index (χ0) is 12.2. The maximum Gasteiger partial charge on any atom is 0.393 e. The molecule has 0 atom stereocenters. The zero-order valence-corrected chi connectivity index (χ0v) is 8.55. The SMILES string of the molecule is NCCC(=O)c1cccc(CC(F)(F)F)c1. The molecule has 0 aromatic heterocycles. The van der Waals surface area contributed by atoms with Crippen molar-refractivity contribution in [2.24, 2.45) is 5.73 Å². The number of ketones is 1. The molecule has 0 amide bonds. The third-order valence-corrected chi connectivity index (χ3v) is 2.02. The molecule has 1 rings (SSSR count). The summed E-state index contributed by atoms with van der Waals surface area (Å²) in [5, 5.41) is 0. The van der Waals surface area contributed by atoms with Crippen LogP contribution in [0.25, 0.3) is 0 Å². The predicted octanol–water partition coefficient (Wildman–Crippen LogP) is 2.32. The Morgan fingerprint density at radius 2 is 2.00 bits per heavy atom. The Balaban J connectivity index is 2.83. The first-order chi connectivity index (χ1) is 7.42. The molecule has 16 heavy (non-hydrogen) atoms. The molecule has 0 bridgehead atoms. The summed E-state index contributed by atoms with van der Waals surface area (Å²) < 4.78 is 36.4. The quantitative estimate of drug-likeness (QED) is 0.808. The number of benzene rings is 1. The van der Waals surface area contributed by atoms with E-state index < -0.39 is 12.6 Å². The average Bonchev–Trinajstić information content (AvgIpc) is 2.16. The summed E-state index contributed by atoms with van der Waals surface area (Å²) >= 11 is 0. The lowest BCUT2D eigenvalue weighted by Crippen LogP contribution is -2.13. The number of hydrogen-bond donors (Lipinski definition) is 1. The standard InChI is InChI=1S/C11H12F3NO/c12-11(13,14)7-8-2-1-3-9(6-8)10(16)4-5-15/h1-3,6H,4-5,7,15H2. The molecule has 0 saturated heterocycles. The minimum Gasteiger partial charge on any atom is -0.330 e. The van der Waals surface area contributed by atoms with Gasteiger partial charge in [0, 0.05) is 12.0 Å². The van der Waals surface area contributed by atoms with Gasteiger partial charge < -0.3 is 5.73 Å². The Morgan fingerprint density at radius 1 is 1.31 bits per heavy atom. The third-order valence-electron chi connectivity index (χ3n) is 2.02. The molecule has 0 radical (unpaired) electrons. The van der Waals surface area contributed by atoms with Crippen LogP contribution in [0.15, 0.2) is 24.3 Å².